The fourth-order valence-corrected chi connectivity index (χ4v) is 4.13. The minimum absolute atomic E-state index is 0.0548. The first-order chi connectivity index (χ1) is 14.0. The van der Waals surface area contributed by atoms with Crippen LogP contribution in [-0.2, 0) is 22.9 Å². The summed E-state index contributed by atoms with van der Waals surface area (Å²) >= 11 is 0. The molecule has 0 spiro atoms. The summed E-state index contributed by atoms with van der Waals surface area (Å²) in [5.74, 6) is -0.267. The summed E-state index contributed by atoms with van der Waals surface area (Å²) < 4.78 is 41.2. The fraction of sp³-hybridized carbons (Fsp3) is 0.0909. The zero-order valence-corrected chi connectivity index (χ0v) is 16.2. The van der Waals surface area contributed by atoms with Crippen molar-refractivity contribution in [1.82, 2.24) is 9.97 Å². The fourth-order valence-electron chi connectivity index (χ4n) is 3.12. The Balaban J connectivity index is 1.66. The van der Waals surface area contributed by atoms with Crippen molar-refractivity contribution >= 4 is 26.6 Å². The maximum Gasteiger partial charge on any atom is 0.279 e. The summed E-state index contributed by atoms with van der Waals surface area (Å²) in [5.41, 5.74) is 2.93. The maximum absolute atomic E-state index is 13.1. The van der Waals surface area contributed by atoms with Crippen LogP contribution < -0.4 is 4.72 Å². The Labute approximate surface area is 168 Å². The van der Waals surface area contributed by atoms with Crippen molar-refractivity contribution in [3.63, 3.8) is 0 Å². The number of sulfonamides is 1. The molecule has 0 amide bonds. The molecule has 0 atom stereocenters. The normalized spacial score (nSPS) is 11.5. The number of halogens is 1. The molecule has 4 rings (SSSR count). The monoisotopic (exact) mass is 407 g/mol. The predicted molar refractivity (Wildman–Crippen MR) is 111 cm³/mol. The molecule has 0 bridgehead atoms. The number of pyridine rings is 2. The van der Waals surface area contributed by atoms with E-state index in [1.807, 2.05) is 18.2 Å². The molecule has 0 aliphatic carbocycles. The minimum Gasteiger partial charge on any atom is -0.276 e. The van der Waals surface area contributed by atoms with E-state index in [-0.39, 0.29) is 10.8 Å². The lowest BCUT2D eigenvalue weighted by Gasteiger charge is -2.12. The van der Waals surface area contributed by atoms with E-state index in [1.54, 1.807) is 36.5 Å². The van der Waals surface area contributed by atoms with Gasteiger partial charge in [-0.3, -0.25) is 9.71 Å². The van der Waals surface area contributed by atoms with Crippen LogP contribution in [0.2, 0.25) is 0 Å². The Hall–Kier alpha value is -3.32. The second kappa shape index (κ2) is 7.97. The molecule has 2 heterocycles. The van der Waals surface area contributed by atoms with Crippen molar-refractivity contribution in [2.75, 3.05) is 4.72 Å². The van der Waals surface area contributed by atoms with Crippen molar-refractivity contribution < 1.29 is 12.8 Å². The highest BCUT2D eigenvalue weighted by Gasteiger charge is 2.17. The van der Waals surface area contributed by atoms with Gasteiger partial charge >= 0.3 is 0 Å². The summed E-state index contributed by atoms with van der Waals surface area (Å²) in [7, 11) is -3.84. The first kappa shape index (κ1) is 19.0. The molecule has 0 aliphatic heterocycles. The van der Waals surface area contributed by atoms with Gasteiger partial charge in [0, 0.05) is 17.8 Å². The van der Waals surface area contributed by atoms with Crippen molar-refractivity contribution in [3.8, 4) is 0 Å². The first-order valence-electron chi connectivity index (χ1n) is 9.07. The van der Waals surface area contributed by atoms with Crippen LogP contribution in [0.25, 0.3) is 10.9 Å². The number of rotatable bonds is 6. The SMILES string of the molecule is O=S(=O)(Nc1cc(CCc2ccc(F)cc2)cc2cccnc12)c1ccccn1. The zero-order chi connectivity index (χ0) is 20.3. The topological polar surface area (TPSA) is 72.0 Å². The van der Waals surface area contributed by atoms with Crippen molar-refractivity contribution in [1.29, 1.82) is 0 Å². The van der Waals surface area contributed by atoms with Crippen molar-refractivity contribution in [2.24, 2.45) is 0 Å². The average molecular weight is 407 g/mol. The van der Waals surface area contributed by atoms with Crippen LogP contribution in [-0.4, -0.2) is 18.4 Å². The highest BCUT2D eigenvalue weighted by molar-refractivity contribution is 7.92. The van der Waals surface area contributed by atoms with Gasteiger partial charge in [0.2, 0.25) is 0 Å². The van der Waals surface area contributed by atoms with Crippen LogP contribution in [0.1, 0.15) is 11.1 Å². The van der Waals surface area contributed by atoms with E-state index in [2.05, 4.69) is 14.7 Å². The van der Waals surface area contributed by atoms with E-state index in [0.29, 0.717) is 24.0 Å². The van der Waals surface area contributed by atoms with Gasteiger partial charge in [0.15, 0.2) is 5.03 Å². The second-order valence-corrected chi connectivity index (χ2v) is 8.25. The molecular formula is C22H18FN3O2S. The van der Waals surface area contributed by atoms with E-state index >= 15 is 0 Å². The molecule has 4 aromatic rings. The Morgan fingerprint density at radius 1 is 0.828 bits per heavy atom. The molecule has 0 saturated heterocycles. The Bertz CT molecular complexity index is 1240. The predicted octanol–water partition coefficient (Wildman–Crippen LogP) is 4.35. The lowest BCUT2D eigenvalue weighted by Crippen LogP contribution is -2.15. The largest absolute Gasteiger partial charge is 0.279 e. The smallest absolute Gasteiger partial charge is 0.276 e. The molecule has 1 N–H and O–H groups in total. The average Bonchev–Trinajstić information content (AvgIpc) is 2.74. The highest BCUT2D eigenvalue weighted by Crippen LogP contribution is 2.26. The molecule has 7 heteroatoms. The molecule has 0 saturated carbocycles. The van der Waals surface area contributed by atoms with E-state index < -0.39 is 10.0 Å². The lowest BCUT2D eigenvalue weighted by atomic mass is 10.0. The number of benzene rings is 2. The van der Waals surface area contributed by atoms with Gasteiger partial charge in [-0.25, -0.2) is 9.37 Å². The quantitative estimate of drug-likeness (QED) is 0.516. The van der Waals surface area contributed by atoms with Gasteiger partial charge in [-0.1, -0.05) is 24.3 Å². The molecule has 2 aromatic carbocycles. The Kier molecular flexibility index (Phi) is 5.22. The number of hydrogen-bond acceptors (Lipinski definition) is 4. The number of anilines is 1. The van der Waals surface area contributed by atoms with E-state index in [1.165, 1.54) is 24.4 Å². The maximum atomic E-state index is 13.1. The van der Waals surface area contributed by atoms with Gasteiger partial charge < -0.3 is 0 Å². The van der Waals surface area contributed by atoms with Crippen LogP contribution in [0.15, 0.2) is 84.1 Å². The molecule has 29 heavy (non-hydrogen) atoms. The molecule has 2 aromatic heterocycles. The van der Waals surface area contributed by atoms with Crippen LogP contribution in [0, 0.1) is 5.82 Å². The molecule has 0 aliphatic rings. The van der Waals surface area contributed by atoms with Gasteiger partial charge in [0.25, 0.3) is 10.0 Å². The van der Waals surface area contributed by atoms with E-state index in [0.717, 1.165) is 16.5 Å². The van der Waals surface area contributed by atoms with Gasteiger partial charge in [-0.15, -0.1) is 0 Å². The molecule has 0 unspecified atom stereocenters. The first-order valence-corrected chi connectivity index (χ1v) is 10.6. The third-order valence-corrected chi connectivity index (χ3v) is 5.82. The van der Waals surface area contributed by atoms with Crippen LogP contribution >= 0.6 is 0 Å². The molecular weight excluding hydrogens is 389 g/mol. The zero-order valence-electron chi connectivity index (χ0n) is 15.4. The number of nitrogens with one attached hydrogen (secondary N) is 1. The summed E-state index contributed by atoms with van der Waals surface area (Å²) in [6.07, 6.45) is 4.44. The summed E-state index contributed by atoms with van der Waals surface area (Å²) in [4.78, 5) is 8.27. The number of fused-ring (bicyclic) bond motifs is 1. The summed E-state index contributed by atoms with van der Waals surface area (Å²) in [5, 5.41) is 0.781. The van der Waals surface area contributed by atoms with Crippen molar-refractivity contribution in [2.45, 2.75) is 17.9 Å². The number of hydrogen-bond donors (Lipinski definition) is 1. The molecule has 5 nitrogen and oxygen atoms in total. The Morgan fingerprint density at radius 3 is 2.34 bits per heavy atom. The van der Waals surface area contributed by atoms with Crippen LogP contribution in [0.5, 0.6) is 0 Å². The lowest BCUT2D eigenvalue weighted by molar-refractivity contribution is 0.597. The van der Waals surface area contributed by atoms with Gasteiger partial charge in [0.05, 0.1) is 11.2 Å². The molecule has 0 fully saturated rings. The summed E-state index contributed by atoms with van der Waals surface area (Å²) in [6, 6.07) is 18.6. The molecule has 146 valence electrons. The second-order valence-electron chi connectivity index (χ2n) is 6.62. The number of aryl methyl sites for hydroxylation is 2. The Morgan fingerprint density at radius 2 is 1.59 bits per heavy atom. The van der Waals surface area contributed by atoms with Gasteiger partial charge in [0.1, 0.15) is 5.82 Å². The third kappa shape index (κ3) is 4.41. The number of nitrogens with zero attached hydrogens (tertiary/aromatic N) is 2. The van der Waals surface area contributed by atoms with Crippen LogP contribution in [0.3, 0.4) is 0 Å². The van der Waals surface area contributed by atoms with E-state index in [9.17, 15) is 12.8 Å². The van der Waals surface area contributed by atoms with Crippen molar-refractivity contribution in [3.05, 3.63) is 96.1 Å². The number of aromatic nitrogens is 2. The molecule has 0 radical (unpaired) electrons. The standard InChI is InChI=1S/C22H18FN3O2S/c23-19-10-8-16(9-11-19)6-7-17-14-18-4-3-13-25-22(18)20(15-17)26-29(27,28)21-5-1-2-12-24-21/h1-5,8-15,26H,6-7H2. The minimum atomic E-state index is -3.84. The third-order valence-electron chi connectivity index (χ3n) is 4.54. The highest BCUT2D eigenvalue weighted by atomic mass is 32.2. The summed E-state index contributed by atoms with van der Waals surface area (Å²) in [6.45, 7) is 0. The van der Waals surface area contributed by atoms with Crippen LogP contribution in [0.4, 0.5) is 10.1 Å². The van der Waals surface area contributed by atoms with Gasteiger partial charge in [-0.05, 0) is 66.4 Å². The van der Waals surface area contributed by atoms with E-state index in [4.69, 9.17) is 0 Å². The van der Waals surface area contributed by atoms with Gasteiger partial charge in [-0.2, -0.15) is 8.42 Å².